The monoisotopic (exact) mass is 283 g/mol. The quantitative estimate of drug-likeness (QED) is 0.453. The maximum Gasteiger partial charge on any atom is 0.257 e. The van der Waals surface area contributed by atoms with Crippen molar-refractivity contribution in [2.24, 2.45) is 5.84 Å². The molecule has 3 rings (SSSR count). The van der Waals surface area contributed by atoms with E-state index < -0.39 is 0 Å². The topological polar surface area (TPSA) is 119 Å². The summed E-state index contributed by atoms with van der Waals surface area (Å²) in [5.74, 6) is 6.40. The van der Waals surface area contributed by atoms with Crippen molar-refractivity contribution in [3.63, 3.8) is 0 Å². The van der Waals surface area contributed by atoms with Crippen molar-refractivity contribution < 1.29 is 0 Å². The van der Waals surface area contributed by atoms with Gasteiger partial charge in [0.15, 0.2) is 0 Å². The summed E-state index contributed by atoms with van der Waals surface area (Å²) in [6.45, 7) is 0.542. The zero-order chi connectivity index (χ0) is 14.5. The summed E-state index contributed by atoms with van der Waals surface area (Å²) in [7, 11) is 0. The van der Waals surface area contributed by atoms with Crippen LogP contribution in [0, 0.1) is 0 Å². The fourth-order valence-electron chi connectivity index (χ4n) is 1.68. The summed E-state index contributed by atoms with van der Waals surface area (Å²) >= 11 is 0. The zero-order valence-electron chi connectivity index (χ0n) is 11.0. The molecule has 106 valence electrons. The molecule has 21 heavy (non-hydrogen) atoms. The van der Waals surface area contributed by atoms with E-state index in [1.807, 2.05) is 12.1 Å². The first-order valence-electron chi connectivity index (χ1n) is 6.20. The second kappa shape index (κ2) is 5.92. The molecule has 0 aliphatic carbocycles. The number of nitrogens with one attached hydrogen (secondary N) is 2. The summed E-state index contributed by atoms with van der Waals surface area (Å²) in [5, 5.41) is 7.18. The van der Waals surface area contributed by atoms with E-state index in [0.29, 0.717) is 18.4 Å². The minimum Gasteiger partial charge on any atom is -0.350 e. The lowest BCUT2D eigenvalue weighted by molar-refractivity contribution is 0.795. The zero-order valence-corrected chi connectivity index (χ0v) is 11.0. The molecule has 9 nitrogen and oxygen atoms in total. The van der Waals surface area contributed by atoms with Gasteiger partial charge in [0.25, 0.3) is 5.95 Å². The molecule has 0 spiro atoms. The molecule has 3 aromatic heterocycles. The number of hydrogen-bond donors (Lipinski definition) is 3. The van der Waals surface area contributed by atoms with Gasteiger partial charge in [0.05, 0.1) is 0 Å². The Morgan fingerprint density at radius 2 is 2.00 bits per heavy atom. The Hall–Kier alpha value is -3.07. The van der Waals surface area contributed by atoms with Crippen LogP contribution in [0.5, 0.6) is 0 Å². The largest absolute Gasteiger partial charge is 0.350 e. The van der Waals surface area contributed by atoms with Gasteiger partial charge in [-0.1, -0.05) is 6.07 Å². The minimum absolute atomic E-state index is 0.254. The highest BCUT2D eigenvalue weighted by Gasteiger charge is 2.07. The smallest absolute Gasteiger partial charge is 0.257 e. The van der Waals surface area contributed by atoms with Crippen LogP contribution in [-0.2, 0) is 6.54 Å². The van der Waals surface area contributed by atoms with Gasteiger partial charge in [-0.15, -0.1) is 0 Å². The van der Waals surface area contributed by atoms with Crippen molar-refractivity contribution in [2.45, 2.75) is 6.54 Å². The average molecular weight is 283 g/mol. The number of hydrogen-bond acceptors (Lipinski definition) is 8. The maximum absolute atomic E-state index is 5.38. The van der Waals surface area contributed by atoms with E-state index in [4.69, 9.17) is 5.84 Å². The van der Waals surface area contributed by atoms with Crippen molar-refractivity contribution in [3.05, 3.63) is 48.5 Å². The molecule has 0 amide bonds. The molecule has 0 saturated heterocycles. The Morgan fingerprint density at radius 3 is 2.71 bits per heavy atom. The van der Waals surface area contributed by atoms with Crippen LogP contribution < -0.4 is 16.6 Å². The minimum atomic E-state index is 0.254. The van der Waals surface area contributed by atoms with Crippen LogP contribution in [0.3, 0.4) is 0 Å². The van der Waals surface area contributed by atoms with Crippen LogP contribution in [0.15, 0.2) is 43.0 Å². The molecule has 0 saturated carbocycles. The van der Waals surface area contributed by atoms with Gasteiger partial charge in [0, 0.05) is 31.3 Å². The highest BCUT2D eigenvalue weighted by atomic mass is 15.4. The summed E-state index contributed by atoms with van der Waals surface area (Å²) in [4.78, 5) is 16.6. The van der Waals surface area contributed by atoms with Crippen molar-refractivity contribution >= 4 is 11.9 Å². The number of nitrogens with zero attached hydrogens (tertiary/aromatic N) is 6. The number of aromatic nitrogens is 6. The van der Waals surface area contributed by atoms with Gasteiger partial charge in [-0.3, -0.25) is 10.4 Å². The van der Waals surface area contributed by atoms with Crippen LogP contribution in [0.1, 0.15) is 5.56 Å². The average Bonchev–Trinajstić information content (AvgIpc) is 3.08. The summed E-state index contributed by atoms with van der Waals surface area (Å²) < 4.78 is 1.53. The van der Waals surface area contributed by atoms with Gasteiger partial charge >= 0.3 is 0 Å². The van der Waals surface area contributed by atoms with Crippen LogP contribution in [0.2, 0.25) is 0 Å². The summed E-state index contributed by atoms with van der Waals surface area (Å²) in [6, 6.07) is 5.60. The summed E-state index contributed by atoms with van der Waals surface area (Å²) in [6.07, 6.45) is 6.87. The SMILES string of the molecule is NNc1nc(NCc2cccnc2)nc(-n2cccn2)n1. The predicted octanol–water partition coefficient (Wildman–Crippen LogP) is 0.350. The second-order valence-corrected chi connectivity index (χ2v) is 4.09. The molecule has 0 unspecified atom stereocenters. The number of nitrogen functional groups attached to an aromatic ring is 1. The lowest BCUT2D eigenvalue weighted by atomic mass is 10.3. The molecule has 0 bridgehead atoms. The Balaban J connectivity index is 1.83. The van der Waals surface area contributed by atoms with E-state index >= 15 is 0 Å². The standard InChI is InChI=1S/C12H13N9/c13-20-11-17-10(15-8-9-3-1-4-14-7-9)18-12(19-11)21-6-2-5-16-21/h1-7H,8,13H2,(H2,15,17,18,19,20). The molecule has 3 aromatic rings. The number of pyridine rings is 1. The van der Waals surface area contributed by atoms with Crippen LogP contribution in [-0.4, -0.2) is 29.7 Å². The van der Waals surface area contributed by atoms with Gasteiger partial charge < -0.3 is 5.32 Å². The van der Waals surface area contributed by atoms with Crippen molar-refractivity contribution in [2.75, 3.05) is 10.7 Å². The van der Waals surface area contributed by atoms with Crippen LogP contribution >= 0.6 is 0 Å². The first-order valence-corrected chi connectivity index (χ1v) is 6.20. The molecule has 3 heterocycles. The van der Waals surface area contributed by atoms with Gasteiger partial charge in [0.1, 0.15) is 0 Å². The van der Waals surface area contributed by atoms with E-state index in [2.05, 4.69) is 35.8 Å². The predicted molar refractivity (Wildman–Crippen MR) is 76.3 cm³/mol. The van der Waals surface area contributed by atoms with Gasteiger partial charge in [-0.2, -0.15) is 20.1 Å². The number of nitrogens with two attached hydrogens (primary N) is 1. The van der Waals surface area contributed by atoms with E-state index in [0.717, 1.165) is 5.56 Å². The van der Waals surface area contributed by atoms with Crippen LogP contribution in [0.25, 0.3) is 5.95 Å². The summed E-state index contributed by atoms with van der Waals surface area (Å²) in [5.41, 5.74) is 3.43. The number of hydrazine groups is 1. The van der Waals surface area contributed by atoms with Crippen molar-refractivity contribution in [3.8, 4) is 5.95 Å². The molecular weight excluding hydrogens is 270 g/mol. The van der Waals surface area contributed by atoms with Gasteiger partial charge in [0.2, 0.25) is 11.9 Å². The highest BCUT2D eigenvalue weighted by molar-refractivity contribution is 5.37. The molecule has 0 radical (unpaired) electrons. The van der Waals surface area contributed by atoms with Gasteiger partial charge in [-0.25, -0.2) is 10.5 Å². The molecular formula is C12H13N9. The first-order chi connectivity index (χ1) is 10.3. The Labute approximate surface area is 120 Å². The van der Waals surface area contributed by atoms with E-state index in [1.165, 1.54) is 4.68 Å². The van der Waals surface area contributed by atoms with E-state index in [1.54, 1.807) is 30.9 Å². The number of anilines is 2. The molecule has 0 atom stereocenters. The molecule has 0 fully saturated rings. The third kappa shape index (κ3) is 3.09. The normalized spacial score (nSPS) is 10.3. The van der Waals surface area contributed by atoms with E-state index in [9.17, 15) is 0 Å². The molecule has 4 N–H and O–H groups in total. The molecule has 0 aliphatic heterocycles. The lowest BCUT2D eigenvalue weighted by Crippen LogP contribution is -2.16. The maximum atomic E-state index is 5.38. The van der Waals surface area contributed by atoms with Crippen molar-refractivity contribution in [1.82, 2.24) is 29.7 Å². The first kappa shape index (κ1) is 12.9. The van der Waals surface area contributed by atoms with Crippen LogP contribution in [0.4, 0.5) is 11.9 Å². The molecule has 0 aromatic carbocycles. The van der Waals surface area contributed by atoms with E-state index in [-0.39, 0.29) is 5.95 Å². The van der Waals surface area contributed by atoms with Crippen molar-refractivity contribution in [1.29, 1.82) is 0 Å². The van der Waals surface area contributed by atoms with Gasteiger partial charge in [-0.05, 0) is 17.7 Å². The third-order valence-corrected chi connectivity index (χ3v) is 2.64. The fraction of sp³-hybridized carbons (Fsp3) is 0.0833. The Morgan fingerprint density at radius 1 is 1.10 bits per heavy atom. The highest BCUT2D eigenvalue weighted by Crippen LogP contribution is 2.09. The molecule has 0 aliphatic rings. The Bertz CT molecular complexity index is 696. The lowest BCUT2D eigenvalue weighted by Gasteiger charge is -2.08. The number of rotatable bonds is 5. The third-order valence-electron chi connectivity index (χ3n) is 2.64. The second-order valence-electron chi connectivity index (χ2n) is 4.09. The fourth-order valence-corrected chi connectivity index (χ4v) is 1.68. The Kier molecular flexibility index (Phi) is 3.65. The molecule has 9 heteroatoms.